The van der Waals surface area contributed by atoms with Crippen molar-refractivity contribution in [1.82, 2.24) is 0 Å². The summed E-state index contributed by atoms with van der Waals surface area (Å²) in [4.78, 5) is 33.0. The topological polar surface area (TPSA) is 135 Å². The van der Waals surface area contributed by atoms with E-state index in [2.05, 4.69) is 0 Å². The molecule has 10 heteroatoms. The van der Waals surface area contributed by atoms with Gasteiger partial charge in [-0.25, -0.2) is 0 Å². The van der Waals surface area contributed by atoms with Gasteiger partial charge in [-0.05, 0) is 6.92 Å². The van der Waals surface area contributed by atoms with E-state index in [0.29, 0.717) is 6.92 Å². The maximum atomic E-state index is 10.3. The Hall–Kier alpha value is 1.74. The van der Waals surface area contributed by atoms with Crippen molar-refractivity contribution in [1.29, 1.82) is 0 Å². The van der Waals surface area contributed by atoms with Gasteiger partial charge in [-0.3, -0.25) is 9.13 Å². The van der Waals surface area contributed by atoms with E-state index in [-0.39, 0.29) is 48.3 Å². The van der Waals surface area contributed by atoms with Crippen molar-refractivity contribution in [3.63, 3.8) is 0 Å². The normalized spacial score (nSPS) is 13.8. The first kappa shape index (κ1) is 16.2. The number of rotatable bonds is 2. The number of aliphatic hydroxyl groups is 1. The monoisotopic (exact) mass is 296 g/mol. The molecule has 0 atom stereocenters. The van der Waals surface area contributed by atoms with Crippen LogP contribution in [-0.2, 0) is 9.13 Å². The van der Waals surface area contributed by atoms with Crippen LogP contribution < -0.4 is 0 Å². The van der Waals surface area contributed by atoms with Gasteiger partial charge in [-0.15, -0.1) is 0 Å². The summed E-state index contributed by atoms with van der Waals surface area (Å²) in [5.41, 5.74) is 0. The molecule has 0 bridgehead atoms. The first-order chi connectivity index (χ1) is 4.50. The molecule has 0 aliphatic heterocycles. The quantitative estimate of drug-likeness (QED) is 0.321. The molecule has 7 nitrogen and oxygen atoms in total. The molecule has 0 heterocycles. The Morgan fingerprint density at radius 1 is 1.08 bits per heavy atom. The van der Waals surface area contributed by atoms with Crippen LogP contribution in [0.2, 0.25) is 0 Å². The Labute approximate surface area is 108 Å². The van der Waals surface area contributed by atoms with Crippen LogP contribution in [0.15, 0.2) is 0 Å². The minimum Gasteiger partial charge on any atom is -1.00 e. The van der Waals surface area contributed by atoms with Crippen LogP contribution >= 0.6 is 15.2 Å². The summed E-state index contributed by atoms with van der Waals surface area (Å²) in [6.07, 6.45) is 0. The molecular weight excluding hydrogens is 286 g/mol. The first-order valence-corrected chi connectivity index (χ1v) is 5.56. The molecule has 0 aromatic heterocycles. The molecule has 0 fully saturated rings. The largest absolute Gasteiger partial charge is 2.00 e. The van der Waals surface area contributed by atoms with E-state index in [1.165, 1.54) is 0 Å². The summed E-state index contributed by atoms with van der Waals surface area (Å²) in [7, 11) is -10.4. The minimum absolute atomic E-state index is 0. The molecule has 0 amide bonds. The van der Waals surface area contributed by atoms with Crippen molar-refractivity contribution < 1.29 is 36.7 Å². The zero-order valence-corrected chi connectivity index (χ0v) is 11.4. The summed E-state index contributed by atoms with van der Waals surface area (Å²) in [5, 5.41) is 5.37. The van der Waals surface area contributed by atoms with E-state index in [9.17, 15) is 9.13 Å². The molecule has 0 aromatic rings. The van der Waals surface area contributed by atoms with Crippen LogP contribution in [0.4, 0.5) is 0 Å². The average molecular weight is 296 g/mol. The Bertz CT molecular complexity index is 220. The second-order valence-electron chi connectivity index (χ2n) is 2.06. The fourth-order valence-corrected chi connectivity index (χ4v) is 1.53. The molecule has 0 saturated heterocycles. The third-order valence-electron chi connectivity index (χ3n) is 1.10. The summed E-state index contributed by atoms with van der Waals surface area (Å²) in [6.45, 7) is 0.383. The molecule has 5 N–H and O–H groups in total. The molecule has 0 spiro atoms. The van der Waals surface area contributed by atoms with Crippen molar-refractivity contribution in [2.45, 2.75) is 12.0 Å². The fraction of sp³-hybridized carbons (Fsp3) is 1.00. The zero-order valence-electron chi connectivity index (χ0n) is 8.15. The van der Waals surface area contributed by atoms with Crippen molar-refractivity contribution in [2.75, 3.05) is 0 Å². The van der Waals surface area contributed by atoms with Crippen LogP contribution in [0.1, 0.15) is 9.78 Å². The van der Waals surface area contributed by atoms with Gasteiger partial charge in [0.2, 0.25) is 0 Å². The molecule has 0 unspecified atom stereocenters. The molecule has 0 aliphatic carbocycles. The van der Waals surface area contributed by atoms with Crippen molar-refractivity contribution >= 4 is 60.7 Å². The molecule has 12 heavy (non-hydrogen) atoms. The number of hydrogen-bond acceptors (Lipinski definition) is 3. The Morgan fingerprint density at radius 2 is 1.25 bits per heavy atom. The van der Waals surface area contributed by atoms with Crippen LogP contribution in [-0.4, -0.2) is 75.2 Å². The molecule has 0 radical (unpaired) electrons. The molecule has 72 valence electrons. The maximum absolute atomic E-state index is 10.3. The van der Waals surface area contributed by atoms with Crippen LogP contribution in [0, 0.1) is 0 Å². The van der Waals surface area contributed by atoms with Gasteiger partial charge >= 0.3 is 60.7 Å². The second kappa shape index (κ2) is 4.51. The second-order valence-corrected chi connectivity index (χ2v) is 6.33. The van der Waals surface area contributed by atoms with Crippen molar-refractivity contribution in [2.24, 2.45) is 0 Å². The number of hydrogen-bond donors (Lipinski definition) is 5. The van der Waals surface area contributed by atoms with Crippen molar-refractivity contribution in [3.8, 4) is 0 Å². The van der Waals surface area contributed by atoms with Gasteiger partial charge in [0.05, 0.1) is 0 Å². The van der Waals surface area contributed by atoms with Gasteiger partial charge in [0, 0.05) is 0 Å². The van der Waals surface area contributed by atoms with Gasteiger partial charge in [0.15, 0.2) is 0 Å². The summed E-state index contributed by atoms with van der Waals surface area (Å²) < 4.78 is 20.5. The van der Waals surface area contributed by atoms with E-state index < -0.39 is 20.3 Å². The average Bonchev–Trinajstić information content (AvgIpc) is 1.58. The Balaban J connectivity index is -0.000000167. The Kier molecular flexibility index (Phi) is 6.08. The molecular formula is C2H10O7P2Sr. The predicted molar refractivity (Wildman–Crippen MR) is 42.7 cm³/mol. The summed E-state index contributed by atoms with van der Waals surface area (Å²) in [6, 6.07) is 0. The van der Waals surface area contributed by atoms with E-state index in [0.717, 1.165) is 0 Å². The molecule has 0 aliphatic rings. The smallest absolute Gasteiger partial charge is 1.00 e. The van der Waals surface area contributed by atoms with Gasteiger partial charge in [-0.1, -0.05) is 0 Å². The van der Waals surface area contributed by atoms with E-state index in [1.807, 2.05) is 0 Å². The van der Waals surface area contributed by atoms with E-state index >= 15 is 0 Å². The van der Waals surface area contributed by atoms with E-state index in [4.69, 9.17) is 24.7 Å². The fourth-order valence-electron chi connectivity index (χ4n) is 0.170. The van der Waals surface area contributed by atoms with Gasteiger partial charge in [-0.2, -0.15) is 0 Å². The molecule has 0 rings (SSSR count). The van der Waals surface area contributed by atoms with Gasteiger partial charge in [0.25, 0.3) is 5.08 Å². The summed E-state index contributed by atoms with van der Waals surface area (Å²) in [5.74, 6) is 0. The molecule has 0 saturated carbocycles. The molecule has 0 aromatic carbocycles. The van der Waals surface area contributed by atoms with Gasteiger partial charge in [0.1, 0.15) is 0 Å². The predicted octanol–water partition coefficient (Wildman–Crippen LogP) is -1.15. The Morgan fingerprint density at radius 3 is 1.25 bits per heavy atom. The van der Waals surface area contributed by atoms with Crippen molar-refractivity contribution in [3.05, 3.63) is 0 Å². The van der Waals surface area contributed by atoms with Crippen LogP contribution in [0.25, 0.3) is 0 Å². The maximum Gasteiger partial charge on any atom is 2.00 e. The van der Waals surface area contributed by atoms with Crippen LogP contribution in [0.5, 0.6) is 0 Å². The standard InChI is InChI=1S/C2H8O7P2.Sr.2H/c1-2(3,10(4,5)6)11(7,8)9;;;/h3H,1H3,(H2,4,5,6)(H2,7,8,9);;;/q;+2;2*-1. The SMILES string of the molecule is CC(O)(P(=O)(O)O)P(=O)(O)O.[H-].[H-].[Sr+2]. The van der Waals surface area contributed by atoms with Crippen LogP contribution in [0.3, 0.4) is 0 Å². The third kappa shape index (κ3) is 3.48. The van der Waals surface area contributed by atoms with Gasteiger partial charge < -0.3 is 27.5 Å². The zero-order chi connectivity index (χ0) is 9.50. The summed E-state index contributed by atoms with van der Waals surface area (Å²) >= 11 is 0. The minimum atomic E-state index is -5.20. The van der Waals surface area contributed by atoms with E-state index in [1.54, 1.807) is 0 Å². The first-order valence-electron chi connectivity index (χ1n) is 2.34. The third-order valence-corrected chi connectivity index (χ3v) is 4.87.